The van der Waals surface area contributed by atoms with Gasteiger partial charge in [-0.25, -0.2) is 0 Å². The number of carbonyl (C=O) groups excluding carboxylic acids is 2. The molecule has 6 nitrogen and oxygen atoms in total. The van der Waals surface area contributed by atoms with E-state index in [1.165, 1.54) is 161 Å². The standard InChI is InChI=1S/C53H99NO5/c1-3-5-7-9-11-13-15-16-17-18-19-20-21-22-23-24-26-29-33-37-41-45-51(56)50(49-55)54-52(57)46-42-38-34-30-27-28-32-36-40-44-48-59-53(58)47-43-39-35-31-25-14-12-10-8-6-4-2/h10,12,28,32,41,45,50-51,55-56H,3-9,11,13-27,29-31,33-40,42-44,46-49H2,1-2H3,(H,54,57)/b12-10-,32-28-,45-41+. The molecule has 0 rings (SSSR count). The molecule has 0 aliphatic rings. The van der Waals surface area contributed by atoms with Gasteiger partial charge in [-0.1, -0.05) is 211 Å². The number of aliphatic hydroxyl groups is 2. The quantitative estimate of drug-likeness (QED) is 0.0323. The van der Waals surface area contributed by atoms with Crippen molar-refractivity contribution >= 4 is 11.9 Å². The monoisotopic (exact) mass is 830 g/mol. The van der Waals surface area contributed by atoms with Gasteiger partial charge in [0.25, 0.3) is 0 Å². The van der Waals surface area contributed by atoms with Crippen molar-refractivity contribution in [1.82, 2.24) is 5.32 Å². The van der Waals surface area contributed by atoms with E-state index in [1.54, 1.807) is 6.08 Å². The van der Waals surface area contributed by atoms with Gasteiger partial charge >= 0.3 is 5.97 Å². The predicted octanol–water partition coefficient (Wildman–Crippen LogP) is 15.3. The Labute approximate surface area is 366 Å². The van der Waals surface area contributed by atoms with Crippen molar-refractivity contribution in [3.63, 3.8) is 0 Å². The molecule has 3 N–H and O–H groups in total. The first-order valence-corrected chi connectivity index (χ1v) is 25.8. The van der Waals surface area contributed by atoms with Gasteiger partial charge in [0.2, 0.25) is 5.91 Å². The number of amides is 1. The van der Waals surface area contributed by atoms with Crippen LogP contribution in [0.1, 0.15) is 264 Å². The summed E-state index contributed by atoms with van der Waals surface area (Å²) >= 11 is 0. The summed E-state index contributed by atoms with van der Waals surface area (Å²) in [6.07, 6.45) is 58.7. The smallest absolute Gasteiger partial charge is 0.305 e. The maximum atomic E-state index is 12.4. The highest BCUT2D eigenvalue weighted by Crippen LogP contribution is 2.16. The van der Waals surface area contributed by atoms with Crippen molar-refractivity contribution in [2.24, 2.45) is 0 Å². The number of hydrogen-bond acceptors (Lipinski definition) is 5. The largest absolute Gasteiger partial charge is 0.466 e. The van der Waals surface area contributed by atoms with Crippen LogP contribution < -0.4 is 5.32 Å². The van der Waals surface area contributed by atoms with E-state index in [1.807, 2.05) is 6.08 Å². The lowest BCUT2D eigenvalue weighted by Gasteiger charge is -2.20. The molecule has 0 spiro atoms. The maximum Gasteiger partial charge on any atom is 0.305 e. The molecule has 2 atom stereocenters. The lowest BCUT2D eigenvalue weighted by atomic mass is 10.0. The molecular weight excluding hydrogens is 731 g/mol. The molecule has 0 aromatic heterocycles. The molecule has 0 aromatic rings. The maximum absolute atomic E-state index is 12.4. The van der Waals surface area contributed by atoms with Gasteiger partial charge in [-0.2, -0.15) is 0 Å². The minimum atomic E-state index is -0.867. The normalized spacial score (nSPS) is 12.9. The highest BCUT2D eigenvalue weighted by Gasteiger charge is 2.18. The highest BCUT2D eigenvalue weighted by atomic mass is 16.5. The first kappa shape index (κ1) is 57.1. The fourth-order valence-corrected chi connectivity index (χ4v) is 7.61. The van der Waals surface area contributed by atoms with E-state index in [-0.39, 0.29) is 18.5 Å². The summed E-state index contributed by atoms with van der Waals surface area (Å²) < 4.78 is 5.40. The molecule has 0 aliphatic heterocycles. The Morgan fingerprint density at radius 2 is 0.814 bits per heavy atom. The summed E-state index contributed by atoms with van der Waals surface area (Å²) in [7, 11) is 0. The van der Waals surface area contributed by atoms with Gasteiger partial charge in [-0.3, -0.25) is 9.59 Å². The summed E-state index contributed by atoms with van der Waals surface area (Å²) in [6.45, 7) is 4.77. The van der Waals surface area contributed by atoms with E-state index in [0.717, 1.165) is 77.0 Å². The molecular formula is C53H99NO5. The number of esters is 1. The summed E-state index contributed by atoms with van der Waals surface area (Å²) in [5.74, 6) is -0.153. The second kappa shape index (κ2) is 48.7. The van der Waals surface area contributed by atoms with Crippen molar-refractivity contribution in [2.45, 2.75) is 276 Å². The number of rotatable bonds is 47. The lowest BCUT2D eigenvalue weighted by molar-refractivity contribution is -0.143. The number of unbranched alkanes of at least 4 members (excludes halogenated alkanes) is 32. The van der Waals surface area contributed by atoms with Crippen molar-refractivity contribution in [2.75, 3.05) is 13.2 Å². The molecule has 0 fully saturated rings. The minimum absolute atomic E-state index is 0.0497. The molecule has 6 heteroatoms. The minimum Gasteiger partial charge on any atom is -0.466 e. The molecule has 0 bridgehead atoms. The van der Waals surface area contributed by atoms with Gasteiger partial charge in [-0.15, -0.1) is 0 Å². The average Bonchev–Trinajstić information content (AvgIpc) is 3.24. The number of nitrogens with one attached hydrogen (secondary N) is 1. The van der Waals surface area contributed by atoms with Crippen molar-refractivity contribution in [3.05, 3.63) is 36.5 Å². The van der Waals surface area contributed by atoms with Gasteiger partial charge in [0.15, 0.2) is 0 Å². The number of ether oxygens (including phenoxy) is 1. The van der Waals surface area contributed by atoms with E-state index >= 15 is 0 Å². The van der Waals surface area contributed by atoms with Crippen LogP contribution in [0.25, 0.3) is 0 Å². The number of hydrogen-bond donors (Lipinski definition) is 3. The zero-order valence-corrected chi connectivity index (χ0v) is 39.2. The van der Waals surface area contributed by atoms with Crippen LogP contribution in [-0.4, -0.2) is 47.4 Å². The van der Waals surface area contributed by atoms with Gasteiger partial charge in [-0.05, 0) is 77.0 Å². The summed E-state index contributed by atoms with van der Waals surface area (Å²) in [6, 6.07) is -0.654. The number of carbonyl (C=O) groups is 2. The highest BCUT2D eigenvalue weighted by molar-refractivity contribution is 5.76. The molecule has 2 unspecified atom stereocenters. The average molecular weight is 830 g/mol. The SMILES string of the molecule is CCCC/C=C\CCCCCCCC(=O)OCCCC/C=C\CCCCCCC(=O)NC(CO)C(O)/C=C/CCCCCCCCCCCCCCCCCCCCC. The second-order valence-electron chi connectivity index (χ2n) is 17.5. The Kier molecular flexibility index (Phi) is 47.2. The third-order valence-corrected chi connectivity index (χ3v) is 11.6. The van der Waals surface area contributed by atoms with Crippen LogP contribution >= 0.6 is 0 Å². The predicted molar refractivity (Wildman–Crippen MR) is 255 cm³/mol. The summed E-state index contributed by atoms with van der Waals surface area (Å²) in [5.41, 5.74) is 0. The third kappa shape index (κ3) is 45.4. The molecule has 1 amide bonds. The van der Waals surface area contributed by atoms with Crippen LogP contribution in [0.3, 0.4) is 0 Å². The molecule has 346 valence electrons. The zero-order valence-electron chi connectivity index (χ0n) is 39.2. The van der Waals surface area contributed by atoms with E-state index in [9.17, 15) is 19.8 Å². The Hall–Kier alpha value is -1.92. The fraction of sp³-hybridized carbons (Fsp3) is 0.849. The van der Waals surface area contributed by atoms with Gasteiger partial charge < -0.3 is 20.3 Å². The molecule has 0 radical (unpaired) electrons. The third-order valence-electron chi connectivity index (χ3n) is 11.6. The Balaban J connectivity index is 3.58. The van der Waals surface area contributed by atoms with Gasteiger partial charge in [0.1, 0.15) is 0 Å². The van der Waals surface area contributed by atoms with Crippen LogP contribution in [0.2, 0.25) is 0 Å². The van der Waals surface area contributed by atoms with Gasteiger partial charge in [0.05, 0.1) is 25.4 Å². The topological polar surface area (TPSA) is 95.9 Å². The van der Waals surface area contributed by atoms with Crippen LogP contribution in [0, 0.1) is 0 Å². The molecule has 0 aliphatic carbocycles. The van der Waals surface area contributed by atoms with E-state index in [2.05, 4.69) is 43.5 Å². The molecule has 0 aromatic carbocycles. The first-order chi connectivity index (χ1) is 29.0. The van der Waals surface area contributed by atoms with Gasteiger partial charge in [0, 0.05) is 12.8 Å². The first-order valence-electron chi connectivity index (χ1n) is 25.8. The van der Waals surface area contributed by atoms with E-state index in [4.69, 9.17) is 4.74 Å². The van der Waals surface area contributed by atoms with Crippen LogP contribution in [0.5, 0.6) is 0 Å². The summed E-state index contributed by atoms with van der Waals surface area (Å²) in [5, 5.41) is 23.1. The number of aliphatic hydroxyl groups excluding tert-OH is 2. The zero-order chi connectivity index (χ0) is 43.0. The molecule has 0 saturated heterocycles. The Morgan fingerprint density at radius 1 is 0.458 bits per heavy atom. The van der Waals surface area contributed by atoms with Crippen molar-refractivity contribution < 1.29 is 24.5 Å². The van der Waals surface area contributed by atoms with Crippen molar-refractivity contribution in [3.8, 4) is 0 Å². The lowest BCUT2D eigenvalue weighted by Crippen LogP contribution is -2.45. The van der Waals surface area contributed by atoms with Crippen LogP contribution in [-0.2, 0) is 14.3 Å². The number of allylic oxidation sites excluding steroid dienone is 5. The second-order valence-corrected chi connectivity index (χ2v) is 17.5. The van der Waals surface area contributed by atoms with Crippen molar-refractivity contribution in [1.29, 1.82) is 0 Å². The van der Waals surface area contributed by atoms with E-state index < -0.39 is 12.1 Å². The Bertz CT molecular complexity index is 962. The molecule has 0 saturated carbocycles. The molecule has 59 heavy (non-hydrogen) atoms. The fourth-order valence-electron chi connectivity index (χ4n) is 7.61. The summed E-state index contributed by atoms with van der Waals surface area (Å²) in [4.78, 5) is 24.4. The molecule has 0 heterocycles. The van der Waals surface area contributed by atoms with Crippen LogP contribution in [0.4, 0.5) is 0 Å². The van der Waals surface area contributed by atoms with E-state index in [0.29, 0.717) is 19.4 Å². The van der Waals surface area contributed by atoms with Crippen LogP contribution in [0.15, 0.2) is 36.5 Å². The Morgan fingerprint density at radius 3 is 1.25 bits per heavy atom.